The van der Waals surface area contributed by atoms with Crippen molar-refractivity contribution in [3.05, 3.63) is 18.2 Å². The highest BCUT2D eigenvalue weighted by Gasteiger charge is 2.14. The fraction of sp³-hybridized carbons (Fsp3) is 0.500. The van der Waals surface area contributed by atoms with Crippen molar-refractivity contribution < 1.29 is 12.6 Å². The van der Waals surface area contributed by atoms with Gasteiger partial charge in [0.15, 0.2) is 0 Å². The summed E-state index contributed by atoms with van der Waals surface area (Å²) >= 11 is 0. The van der Waals surface area contributed by atoms with Gasteiger partial charge in [0, 0.05) is 28.9 Å². The Balaban J connectivity index is 2.90. The Bertz CT molecular complexity index is 588. The Morgan fingerprint density at radius 1 is 1.40 bits per heavy atom. The van der Waals surface area contributed by atoms with E-state index in [0.29, 0.717) is 23.5 Å². The van der Waals surface area contributed by atoms with Crippen LogP contribution < -0.4 is 15.8 Å². The SMILES string of the molecule is CNS(=O)(=O)c1ccc(N)c(NC(C)CCS(C)=O)c1. The molecule has 0 saturated carbocycles. The van der Waals surface area contributed by atoms with Crippen molar-refractivity contribution in [3.63, 3.8) is 0 Å². The Hall–Kier alpha value is -1.12. The highest BCUT2D eigenvalue weighted by Crippen LogP contribution is 2.23. The zero-order valence-electron chi connectivity index (χ0n) is 11.8. The van der Waals surface area contributed by atoms with Gasteiger partial charge >= 0.3 is 0 Å². The zero-order chi connectivity index (χ0) is 15.3. The predicted octanol–water partition coefficient (Wildman–Crippen LogP) is 0.746. The van der Waals surface area contributed by atoms with Crippen LogP contribution in [0.4, 0.5) is 11.4 Å². The van der Waals surface area contributed by atoms with E-state index in [1.54, 1.807) is 12.3 Å². The van der Waals surface area contributed by atoms with Crippen molar-refractivity contribution >= 4 is 32.2 Å². The Labute approximate surface area is 122 Å². The molecule has 2 atom stereocenters. The molecule has 0 radical (unpaired) electrons. The van der Waals surface area contributed by atoms with Gasteiger partial charge in [0.25, 0.3) is 0 Å². The molecule has 0 aliphatic carbocycles. The summed E-state index contributed by atoms with van der Waals surface area (Å²) in [5.74, 6) is 0.586. The number of benzene rings is 1. The summed E-state index contributed by atoms with van der Waals surface area (Å²) in [5.41, 5.74) is 6.88. The fourth-order valence-electron chi connectivity index (χ4n) is 1.63. The van der Waals surface area contributed by atoms with Gasteiger partial charge in [0.2, 0.25) is 10.0 Å². The number of nitrogen functional groups attached to an aromatic ring is 1. The first-order valence-corrected chi connectivity index (χ1v) is 9.37. The number of hydrogen-bond acceptors (Lipinski definition) is 5. The molecule has 0 amide bonds. The summed E-state index contributed by atoms with van der Waals surface area (Å²) in [6, 6.07) is 4.56. The molecule has 1 aromatic carbocycles. The van der Waals surface area contributed by atoms with E-state index in [0.717, 1.165) is 0 Å². The van der Waals surface area contributed by atoms with Gasteiger partial charge in [-0.3, -0.25) is 4.21 Å². The van der Waals surface area contributed by atoms with Crippen LogP contribution in [0.25, 0.3) is 0 Å². The van der Waals surface area contributed by atoms with Crippen LogP contribution in [-0.4, -0.2) is 37.7 Å². The van der Waals surface area contributed by atoms with Crippen molar-refractivity contribution in [1.29, 1.82) is 0 Å². The van der Waals surface area contributed by atoms with E-state index in [1.807, 2.05) is 6.92 Å². The molecule has 114 valence electrons. The fourth-order valence-corrected chi connectivity index (χ4v) is 3.07. The summed E-state index contributed by atoms with van der Waals surface area (Å²) in [7, 11) is -2.98. The molecule has 4 N–H and O–H groups in total. The number of anilines is 2. The number of nitrogens with one attached hydrogen (secondary N) is 2. The smallest absolute Gasteiger partial charge is 0.240 e. The van der Waals surface area contributed by atoms with Crippen LogP contribution in [0.1, 0.15) is 13.3 Å². The lowest BCUT2D eigenvalue weighted by atomic mass is 10.2. The van der Waals surface area contributed by atoms with E-state index in [2.05, 4.69) is 10.0 Å². The molecule has 20 heavy (non-hydrogen) atoms. The number of sulfonamides is 1. The van der Waals surface area contributed by atoms with E-state index in [-0.39, 0.29) is 10.9 Å². The molecule has 0 aliphatic rings. The van der Waals surface area contributed by atoms with E-state index in [9.17, 15) is 12.6 Å². The van der Waals surface area contributed by atoms with Gasteiger partial charge < -0.3 is 11.1 Å². The van der Waals surface area contributed by atoms with Gasteiger partial charge in [-0.05, 0) is 38.6 Å². The van der Waals surface area contributed by atoms with E-state index in [1.165, 1.54) is 19.2 Å². The molecule has 0 fully saturated rings. The van der Waals surface area contributed by atoms with Crippen LogP contribution in [0.3, 0.4) is 0 Å². The Morgan fingerprint density at radius 2 is 2.05 bits per heavy atom. The predicted molar refractivity (Wildman–Crippen MR) is 83.7 cm³/mol. The highest BCUT2D eigenvalue weighted by molar-refractivity contribution is 7.89. The summed E-state index contributed by atoms with van der Waals surface area (Å²) in [4.78, 5) is 0.156. The molecule has 0 heterocycles. The molecule has 1 rings (SSSR count). The first-order valence-electron chi connectivity index (χ1n) is 6.16. The average Bonchev–Trinajstić information content (AvgIpc) is 2.38. The van der Waals surface area contributed by atoms with Crippen LogP contribution in [0.5, 0.6) is 0 Å². The second kappa shape index (κ2) is 7.05. The first-order chi connectivity index (χ1) is 9.26. The molecule has 2 unspecified atom stereocenters. The van der Waals surface area contributed by atoms with Gasteiger partial charge in [-0.25, -0.2) is 13.1 Å². The highest BCUT2D eigenvalue weighted by atomic mass is 32.2. The quantitative estimate of drug-likeness (QED) is 0.644. The largest absolute Gasteiger partial charge is 0.397 e. The second-order valence-corrected chi connectivity index (χ2v) is 8.01. The average molecular weight is 319 g/mol. The van der Waals surface area contributed by atoms with Crippen LogP contribution >= 0.6 is 0 Å². The molecule has 0 spiro atoms. The standard InChI is InChI=1S/C12H21N3O3S2/c1-9(6-7-19(3)16)15-12-8-10(4-5-11(12)13)20(17,18)14-2/h4-5,8-9,14-15H,6-7,13H2,1-3H3. The minimum absolute atomic E-state index is 0.0498. The van der Waals surface area contributed by atoms with Gasteiger partial charge in [-0.1, -0.05) is 0 Å². The first kappa shape index (κ1) is 16.9. The number of rotatable bonds is 7. The number of nitrogens with two attached hydrogens (primary N) is 1. The minimum atomic E-state index is -3.49. The van der Waals surface area contributed by atoms with Crippen LogP contribution in [0, 0.1) is 0 Å². The molecule has 1 aromatic rings. The molecule has 0 saturated heterocycles. The second-order valence-electron chi connectivity index (χ2n) is 4.57. The third kappa shape index (κ3) is 4.77. The van der Waals surface area contributed by atoms with Gasteiger partial charge in [0.1, 0.15) is 0 Å². The molecular formula is C12H21N3O3S2. The van der Waals surface area contributed by atoms with Gasteiger partial charge in [-0.15, -0.1) is 0 Å². The van der Waals surface area contributed by atoms with Crippen molar-refractivity contribution in [3.8, 4) is 0 Å². The van der Waals surface area contributed by atoms with Crippen LogP contribution in [-0.2, 0) is 20.8 Å². The summed E-state index contributed by atoms with van der Waals surface area (Å²) in [5, 5.41) is 3.15. The molecule has 0 aromatic heterocycles. The monoisotopic (exact) mass is 319 g/mol. The van der Waals surface area contributed by atoms with E-state index in [4.69, 9.17) is 5.73 Å². The molecule has 0 aliphatic heterocycles. The van der Waals surface area contributed by atoms with Crippen molar-refractivity contribution in [2.75, 3.05) is 30.1 Å². The van der Waals surface area contributed by atoms with Crippen molar-refractivity contribution in [2.24, 2.45) is 0 Å². The lowest BCUT2D eigenvalue weighted by Crippen LogP contribution is -2.21. The Kier molecular flexibility index (Phi) is 5.97. The summed E-state index contributed by atoms with van der Waals surface area (Å²) in [6.45, 7) is 1.94. The third-order valence-electron chi connectivity index (χ3n) is 2.84. The lowest BCUT2D eigenvalue weighted by molar-refractivity contribution is 0.588. The zero-order valence-corrected chi connectivity index (χ0v) is 13.5. The van der Waals surface area contributed by atoms with E-state index >= 15 is 0 Å². The maximum Gasteiger partial charge on any atom is 0.240 e. The third-order valence-corrected chi connectivity index (χ3v) is 5.07. The van der Waals surface area contributed by atoms with Crippen molar-refractivity contribution in [1.82, 2.24) is 4.72 Å². The number of hydrogen-bond donors (Lipinski definition) is 3. The van der Waals surface area contributed by atoms with Crippen molar-refractivity contribution in [2.45, 2.75) is 24.3 Å². The van der Waals surface area contributed by atoms with Gasteiger partial charge in [-0.2, -0.15) is 0 Å². The van der Waals surface area contributed by atoms with Gasteiger partial charge in [0.05, 0.1) is 16.3 Å². The minimum Gasteiger partial charge on any atom is -0.397 e. The normalized spacial score (nSPS) is 14.8. The van der Waals surface area contributed by atoms with E-state index < -0.39 is 20.8 Å². The molecule has 6 nitrogen and oxygen atoms in total. The molecule has 0 bridgehead atoms. The topological polar surface area (TPSA) is 101 Å². The Morgan fingerprint density at radius 3 is 2.60 bits per heavy atom. The van der Waals surface area contributed by atoms with Crippen LogP contribution in [0.2, 0.25) is 0 Å². The molecule has 8 heteroatoms. The molecular weight excluding hydrogens is 298 g/mol. The summed E-state index contributed by atoms with van der Waals surface area (Å²) < 4.78 is 36.8. The maximum absolute atomic E-state index is 11.7. The lowest BCUT2D eigenvalue weighted by Gasteiger charge is -2.17. The van der Waals surface area contributed by atoms with Crippen LogP contribution in [0.15, 0.2) is 23.1 Å². The maximum atomic E-state index is 11.7. The summed E-state index contributed by atoms with van der Waals surface area (Å²) in [6.07, 6.45) is 2.37.